The molecule has 3 N–H and O–H groups in total. The molecule has 4 rings (SSSR count). The monoisotopic (exact) mass is 433 g/mol. The number of H-pyrrole nitrogens is 1. The molecule has 0 saturated carbocycles. The Balaban J connectivity index is 1.32. The van der Waals surface area contributed by atoms with Crippen LogP contribution in [0.4, 0.5) is 15.8 Å². The number of aromatic amines is 1. The molecule has 0 amide bonds. The van der Waals surface area contributed by atoms with Crippen molar-refractivity contribution in [3.63, 3.8) is 0 Å². The number of pyridine rings is 2. The van der Waals surface area contributed by atoms with E-state index in [0.717, 1.165) is 37.0 Å². The van der Waals surface area contributed by atoms with Crippen molar-refractivity contribution in [2.75, 3.05) is 30.3 Å². The summed E-state index contributed by atoms with van der Waals surface area (Å²) >= 11 is 0. The van der Waals surface area contributed by atoms with E-state index in [0.29, 0.717) is 28.3 Å². The number of hydrogen-bond donors (Lipinski definition) is 3. The molecule has 32 heavy (non-hydrogen) atoms. The zero-order chi connectivity index (χ0) is 22.3. The van der Waals surface area contributed by atoms with Crippen molar-refractivity contribution < 1.29 is 4.39 Å². The van der Waals surface area contributed by atoms with Crippen LogP contribution in [0, 0.1) is 5.82 Å². The van der Waals surface area contributed by atoms with Gasteiger partial charge in [-0.05, 0) is 63.5 Å². The van der Waals surface area contributed by atoms with E-state index >= 15 is 0 Å². The number of nitrogens with one attached hydrogen (secondary N) is 3. The highest BCUT2D eigenvalue weighted by Crippen LogP contribution is 2.25. The fourth-order valence-electron chi connectivity index (χ4n) is 3.80. The van der Waals surface area contributed by atoms with Gasteiger partial charge < -0.3 is 15.5 Å². The van der Waals surface area contributed by atoms with Gasteiger partial charge >= 0.3 is 0 Å². The maximum atomic E-state index is 13.4. The number of aryl methyl sites for hydroxylation is 1. The first-order chi connectivity index (χ1) is 15.6. The summed E-state index contributed by atoms with van der Waals surface area (Å²) in [5, 5.41) is 13.4. The molecular weight excluding hydrogens is 405 g/mol. The standard InChI is InChI=1S/C24H28FN7/c1-17(19-12-20(25)14-26-13-19)30-23-16-28-31-24(23)18(2)29-22-8-7-21(27-15-22)6-5-11-32-9-3-4-10-32/h7-8,12-16,29-30H,1-6,9-11H2,(H,28,31). The highest BCUT2D eigenvalue weighted by molar-refractivity contribution is 5.84. The van der Waals surface area contributed by atoms with Crippen molar-refractivity contribution in [3.05, 3.63) is 78.9 Å². The lowest BCUT2D eigenvalue weighted by molar-refractivity contribution is 0.333. The molecule has 0 aliphatic carbocycles. The van der Waals surface area contributed by atoms with E-state index in [4.69, 9.17) is 0 Å². The topological polar surface area (TPSA) is 81.8 Å². The fraction of sp³-hybridized carbons (Fsp3) is 0.292. The van der Waals surface area contributed by atoms with Crippen molar-refractivity contribution in [1.29, 1.82) is 0 Å². The Hall–Kier alpha value is -3.52. The maximum absolute atomic E-state index is 13.4. The Morgan fingerprint density at radius 3 is 2.66 bits per heavy atom. The lowest BCUT2D eigenvalue weighted by Crippen LogP contribution is -2.20. The summed E-state index contributed by atoms with van der Waals surface area (Å²) in [5.41, 5.74) is 4.95. The Morgan fingerprint density at radius 1 is 1.06 bits per heavy atom. The van der Waals surface area contributed by atoms with Crippen molar-refractivity contribution in [2.24, 2.45) is 0 Å². The van der Waals surface area contributed by atoms with E-state index in [1.54, 1.807) is 12.4 Å². The Morgan fingerprint density at radius 2 is 1.91 bits per heavy atom. The summed E-state index contributed by atoms with van der Waals surface area (Å²) in [6, 6.07) is 5.42. The molecular formula is C24H28FN7. The zero-order valence-electron chi connectivity index (χ0n) is 18.1. The summed E-state index contributed by atoms with van der Waals surface area (Å²) in [6.45, 7) is 11.7. The normalized spacial score (nSPS) is 13.8. The minimum atomic E-state index is -0.420. The van der Waals surface area contributed by atoms with Gasteiger partial charge in [-0.1, -0.05) is 13.2 Å². The lowest BCUT2D eigenvalue weighted by Gasteiger charge is -2.14. The van der Waals surface area contributed by atoms with Crippen LogP contribution < -0.4 is 10.6 Å². The van der Waals surface area contributed by atoms with Crippen molar-refractivity contribution in [2.45, 2.75) is 25.7 Å². The smallest absolute Gasteiger partial charge is 0.142 e. The largest absolute Gasteiger partial charge is 0.353 e. The molecule has 0 bridgehead atoms. The summed E-state index contributed by atoms with van der Waals surface area (Å²) in [4.78, 5) is 11.0. The predicted octanol–water partition coefficient (Wildman–Crippen LogP) is 4.53. The SMILES string of the molecule is C=C(Nc1cn[nH]c1C(=C)Nc1ccc(CCCN2CCCC2)nc1)c1cncc(F)c1. The molecule has 1 saturated heterocycles. The number of rotatable bonds is 10. The van der Waals surface area contributed by atoms with Crippen molar-refractivity contribution >= 4 is 22.8 Å². The molecule has 166 valence electrons. The van der Waals surface area contributed by atoms with Crippen LogP contribution in [0.15, 0.2) is 56.1 Å². The van der Waals surface area contributed by atoms with Crippen LogP contribution in [0.1, 0.15) is 36.2 Å². The first-order valence-corrected chi connectivity index (χ1v) is 10.8. The van der Waals surface area contributed by atoms with Gasteiger partial charge in [0.25, 0.3) is 0 Å². The zero-order valence-corrected chi connectivity index (χ0v) is 18.1. The van der Waals surface area contributed by atoms with E-state index in [1.165, 1.54) is 32.0 Å². The number of nitrogens with zero attached hydrogens (tertiary/aromatic N) is 4. The van der Waals surface area contributed by atoms with Gasteiger partial charge in [0.1, 0.15) is 11.5 Å². The molecule has 3 aromatic heterocycles. The highest BCUT2D eigenvalue weighted by atomic mass is 19.1. The van der Waals surface area contributed by atoms with Gasteiger partial charge in [-0.3, -0.25) is 15.1 Å². The summed E-state index contributed by atoms with van der Waals surface area (Å²) < 4.78 is 13.4. The second-order valence-electron chi connectivity index (χ2n) is 7.95. The average Bonchev–Trinajstić information content (AvgIpc) is 3.47. The lowest BCUT2D eigenvalue weighted by atomic mass is 10.2. The second-order valence-corrected chi connectivity index (χ2v) is 7.95. The van der Waals surface area contributed by atoms with E-state index < -0.39 is 5.82 Å². The Labute approximate surface area is 187 Å². The van der Waals surface area contributed by atoms with E-state index in [2.05, 4.69) is 48.9 Å². The molecule has 0 radical (unpaired) electrons. The molecule has 4 heterocycles. The van der Waals surface area contributed by atoms with Crippen LogP contribution in [0.3, 0.4) is 0 Å². The van der Waals surface area contributed by atoms with Gasteiger partial charge in [0.15, 0.2) is 0 Å². The first kappa shape index (κ1) is 21.7. The average molecular weight is 434 g/mol. The third kappa shape index (κ3) is 5.59. The number of anilines is 2. The van der Waals surface area contributed by atoms with Gasteiger partial charge in [-0.25, -0.2) is 4.39 Å². The summed E-state index contributed by atoms with van der Waals surface area (Å²) in [7, 11) is 0. The molecule has 0 unspecified atom stereocenters. The van der Waals surface area contributed by atoms with Crippen molar-refractivity contribution in [1.82, 2.24) is 25.1 Å². The Kier molecular flexibility index (Phi) is 6.91. The minimum Gasteiger partial charge on any atom is -0.353 e. The quantitative estimate of drug-likeness (QED) is 0.436. The molecule has 1 fully saturated rings. The van der Waals surface area contributed by atoms with Crippen LogP contribution in [-0.2, 0) is 6.42 Å². The van der Waals surface area contributed by atoms with Gasteiger partial charge in [0.05, 0.1) is 35.7 Å². The molecule has 0 spiro atoms. The van der Waals surface area contributed by atoms with Crippen LogP contribution in [0.5, 0.6) is 0 Å². The van der Waals surface area contributed by atoms with Gasteiger partial charge in [0, 0.05) is 23.2 Å². The fourth-order valence-corrected chi connectivity index (χ4v) is 3.80. The molecule has 7 nitrogen and oxygen atoms in total. The van der Waals surface area contributed by atoms with Gasteiger partial charge in [-0.2, -0.15) is 5.10 Å². The van der Waals surface area contributed by atoms with Gasteiger partial charge in [-0.15, -0.1) is 0 Å². The number of hydrogen-bond acceptors (Lipinski definition) is 6. The number of likely N-dealkylation sites (tertiary alicyclic amines) is 1. The summed E-state index contributed by atoms with van der Waals surface area (Å²) in [5.74, 6) is -0.420. The van der Waals surface area contributed by atoms with E-state index in [1.807, 2.05) is 18.3 Å². The third-order valence-electron chi connectivity index (χ3n) is 5.51. The first-order valence-electron chi connectivity index (χ1n) is 10.8. The molecule has 0 aromatic carbocycles. The molecule has 3 aromatic rings. The highest BCUT2D eigenvalue weighted by Gasteiger charge is 2.12. The molecule has 1 aliphatic heterocycles. The number of halogens is 1. The van der Waals surface area contributed by atoms with Crippen molar-refractivity contribution in [3.8, 4) is 0 Å². The number of aromatic nitrogens is 4. The van der Waals surface area contributed by atoms with E-state index in [9.17, 15) is 4.39 Å². The molecule has 0 atom stereocenters. The van der Waals surface area contributed by atoms with Crippen LogP contribution in [-0.4, -0.2) is 44.7 Å². The van der Waals surface area contributed by atoms with Gasteiger partial charge in [0.2, 0.25) is 0 Å². The molecule has 1 aliphatic rings. The second kappa shape index (κ2) is 10.2. The maximum Gasteiger partial charge on any atom is 0.142 e. The predicted molar refractivity (Wildman–Crippen MR) is 126 cm³/mol. The van der Waals surface area contributed by atoms with Crippen LogP contribution >= 0.6 is 0 Å². The van der Waals surface area contributed by atoms with Crippen LogP contribution in [0.25, 0.3) is 11.4 Å². The Bertz CT molecular complexity index is 1070. The molecule has 8 heteroatoms. The van der Waals surface area contributed by atoms with E-state index in [-0.39, 0.29) is 0 Å². The van der Waals surface area contributed by atoms with Crippen LogP contribution in [0.2, 0.25) is 0 Å². The minimum absolute atomic E-state index is 0.420. The third-order valence-corrected chi connectivity index (χ3v) is 5.51. The summed E-state index contributed by atoms with van der Waals surface area (Å²) in [6.07, 6.45) is 10.9.